The van der Waals surface area contributed by atoms with Crippen LogP contribution in [0.5, 0.6) is 0 Å². The number of amides is 1. The summed E-state index contributed by atoms with van der Waals surface area (Å²) in [5.74, 6) is 1.23. The lowest BCUT2D eigenvalue weighted by Gasteiger charge is -2.24. The van der Waals surface area contributed by atoms with Crippen molar-refractivity contribution in [3.8, 4) is 0 Å². The molecular formula is C22H25NO2S. The topological polar surface area (TPSA) is 33.5 Å². The summed E-state index contributed by atoms with van der Waals surface area (Å²) < 4.78 is 5.48. The predicted octanol–water partition coefficient (Wildman–Crippen LogP) is 5.76. The third-order valence-electron chi connectivity index (χ3n) is 4.61. The van der Waals surface area contributed by atoms with Crippen LogP contribution in [-0.2, 0) is 17.9 Å². The van der Waals surface area contributed by atoms with Crippen molar-refractivity contribution in [1.82, 2.24) is 4.90 Å². The number of furan rings is 1. The van der Waals surface area contributed by atoms with E-state index in [0.29, 0.717) is 19.5 Å². The second kappa shape index (κ2) is 8.86. The van der Waals surface area contributed by atoms with Gasteiger partial charge in [0.2, 0.25) is 5.91 Å². The second-order valence-corrected chi connectivity index (χ2v) is 7.93. The van der Waals surface area contributed by atoms with Crippen LogP contribution in [0, 0.1) is 6.92 Å². The summed E-state index contributed by atoms with van der Waals surface area (Å²) in [6, 6.07) is 18.3. The molecule has 3 rings (SSSR count). The Morgan fingerprint density at radius 3 is 2.50 bits per heavy atom. The minimum Gasteiger partial charge on any atom is -0.467 e. The Hall–Kier alpha value is -2.33. The highest BCUT2D eigenvalue weighted by molar-refractivity contribution is 7.11. The molecule has 0 saturated carbocycles. The molecule has 0 saturated heterocycles. The first kappa shape index (κ1) is 18.5. The van der Waals surface area contributed by atoms with Gasteiger partial charge >= 0.3 is 0 Å². The number of hydrogen-bond acceptors (Lipinski definition) is 3. The van der Waals surface area contributed by atoms with Crippen molar-refractivity contribution in [1.29, 1.82) is 0 Å². The van der Waals surface area contributed by atoms with Crippen LogP contribution in [0.2, 0.25) is 0 Å². The van der Waals surface area contributed by atoms with E-state index < -0.39 is 0 Å². The fourth-order valence-electron chi connectivity index (χ4n) is 3.14. The molecule has 0 spiro atoms. The zero-order chi connectivity index (χ0) is 18.4. The normalized spacial score (nSPS) is 12.1. The van der Waals surface area contributed by atoms with Gasteiger partial charge in [0.1, 0.15) is 5.76 Å². The van der Waals surface area contributed by atoms with E-state index in [1.54, 1.807) is 17.6 Å². The average Bonchev–Trinajstić information content (AvgIpc) is 3.31. The Morgan fingerprint density at radius 1 is 1.08 bits per heavy atom. The quantitative estimate of drug-likeness (QED) is 0.507. The molecule has 3 nitrogen and oxygen atoms in total. The molecule has 1 amide bonds. The maximum atomic E-state index is 13.1. The Bertz CT molecular complexity index is 808. The summed E-state index contributed by atoms with van der Waals surface area (Å²) in [5, 5.41) is 0. The molecule has 0 fully saturated rings. The van der Waals surface area contributed by atoms with Gasteiger partial charge in [-0.15, -0.1) is 11.3 Å². The van der Waals surface area contributed by atoms with Crippen LogP contribution in [-0.4, -0.2) is 10.8 Å². The van der Waals surface area contributed by atoms with Gasteiger partial charge in [0.05, 0.1) is 19.4 Å². The van der Waals surface area contributed by atoms with E-state index >= 15 is 0 Å². The van der Waals surface area contributed by atoms with Crippen molar-refractivity contribution in [3.05, 3.63) is 81.9 Å². The van der Waals surface area contributed by atoms with Crippen molar-refractivity contribution in [3.63, 3.8) is 0 Å². The highest BCUT2D eigenvalue weighted by atomic mass is 32.1. The first-order valence-corrected chi connectivity index (χ1v) is 9.87. The van der Waals surface area contributed by atoms with Crippen molar-refractivity contribution in [2.75, 3.05) is 0 Å². The molecule has 0 aliphatic heterocycles. The van der Waals surface area contributed by atoms with Crippen LogP contribution in [0.4, 0.5) is 0 Å². The number of hydrogen-bond donors (Lipinski definition) is 0. The standard InChI is InChI=1S/C22H25NO2S/c1-3-18(19-8-5-4-6-9-19)14-22(24)23(15-20-10-7-13-25-20)16-21-12-11-17(2)26-21/h4-13,18H,3,14-16H2,1-2H3. The monoisotopic (exact) mass is 367 g/mol. The molecular weight excluding hydrogens is 342 g/mol. The van der Waals surface area contributed by atoms with E-state index in [2.05, 4.69) is 38.1 Å². The van der Waals surface area contributed by atoms with Gasteiger partial charge in [0, 0.05) is 16.2 Å². The third kappa shape index (κ3) is 4.85. The molecule has 0 bridgehead atoms. The maximum Gasteiger partial charge on any atom is 0.223 e. The number of benzene rings is 1. The summed E-state index contributed by atoms with van der Waals surface area (Å²) in [6.45, 7) is 5.37. The van der Waals surface area contributed by atoms with Crippen molar-refractivity contribution in [2.24, 2.45) is 0 Å². The Kier molecular flexibility index (Phi) is 6.29. The molecule has 1 atom stereocenters. The molecule has 3 aromatic rings. The molecule has 4 heteroatoms. The van der Waals surface area contributed by atoms with Gasteiger partial charge in [0.25, 0.3) is 0 Å². The number of rotatable bonds is 8. The molecule has 0 radical (unpaired) electrons. The summed E-state index contributed by atoms with van der Waals surface area (Å²) in [5.41, 5.74) is 1.23. The van der Waals surface area contributed by atoms with E-state index in [0.717, 1.165) is 12.2 Å². The van der Waals surface area contributed by atoms with Gasteiger partial charge < -0.3 is 9.32 Å². The third-order valence-corrected chi connectivity index (χ3v) is 5.59. The lowest BCUT2D eigenvalue weighted by molar-refractivity contribution is -0.133. The van der Waals surface area contributed by atoms with Crippen LogP contribution in [0.25, 0.3) is 0 Å². The molecule has 2 aromatic heterocycles. The fourth-order valence-corrected chi connectivity index (χ4v) is 4.05. The number of nitrogens with zero attached hydrogens (tertiary/aromatic N) is 1. The number of carbonyl (C=O) groups is 1. The molecule has 0 aliphatic rings. The number of carbonyl (C=O) groups excluding carboxylic acids is 1. The number of thiophene rings is 1. The molecule has 1 unspecified atom stereocenters. The molecule has 2 heterocycles. The van der Waals surface area contributed by atoms with E-state index in [4.69, 9.17) is 4.42 Å². The van der Waals surface area contributed by atoms with E-state index in [1.165, 1.54) is 15.3 Å². The molecule has 0 aliphatic carbocycles. The van der Waals surface area contributed by atoms with Crippen LogP contribution in [0.3, 0.4) is 0 Å². The predicted molar refractivity (Wildman–Crippen MR) is 106 cm³/mol. The average molecular weight is 368 g/mol. The van der Waals surface area contributed by atoms with Gasteiger partial charge in [-0.05, 0) is 49.1 Å². The second-order valence-electron chi connectivity index (χ2n) is 6.56. The molecule has 0 N–H and O–H groups in total. The zero-order valence-electron chi connectivity index (χ0n) is 15.4. The first-order chi connectivity index (χ1) is 12.7. The van der Waals surface area contributed by atoms with Crippen LogP contribution < -0.4 is 0 Å². The minimum atomic E-state index is 0.170. The molecule has 26 heavy (non-hydrogen) atoms. The Labute approximate surface area is 159 Å². The summed E-state index contributed by atoms with van der Waals surface area (Å²) in [6.07, 6.45) is 3.13. The van der Waals surface area contributed by atoms with Crippen LogP contribution >= 0.6 is 11.3 Å². The Balaban J connectivity index is 1.74. The number of aryl methyl sites for hydroxylation is 1. The lowest BCUT2D eigenvalue weighted by Crippen LogP contribution is -2.30. The lowest BCUT2D eigenvalue weighted by atomic mass is 9.92. The van der Waals surface area contributed by atoms with Gasteiger partial charge in [-0.2, -0.15) is 0 Å². The van der Waals surface area contributed by atoms with E-state index in [9.17, 15) is 4.79 Å². The van der Waals surface area contributed by atoms with E-state index in [-0.39, 0.29) is 11.8 Å². The Morgan fingerprint density at radius 2 is 1.88 bits per heavy atom. The largest absolute Gasteiger partial charge is 0.467 e. The molecule has 1 aromatic carbocycles. The highest BCUT2D eigenvalue weighted by Crippen LogP contribution is 2.26. The van der Waals surface area contributed by atoms with Gasteiger partial charge in [0.15, 0.2) is 0 Å². The SMILES string of the molecule is CCC(CC(=O)N(Cc1ccco1)Cc1ccc(C)s1)c1ccccc1. The summed E-state index contributed by atoms with van der Waals surface area (Å²) in [7, 11) is 0. The van der Waals surface area contributed by atoms with Crippen LogP contribution in [0.1, 0.15) is 46.8 Å². The highest BCUT2D eigenvalue weighted by Gasteiger charge is 2.21. The van der Waals surface area contributed by atoms with Gasteiger partial charge in [-0.25, -0.2) is 0 Å². The maximum absolute atomic E-state index is 13.1. The van der Waals surface area contributed by atoms with Crippen molar-refractivity contribution in [2.45, 2.75) is 45.7 Å². The first-order valence-electron chi connectivity index (χ1n) is 9.06. The summed E-state index contributed by atoms with van der Waals surface area (Å²) >= 11 is 1.74. The van der Waals surface area contributed by atoms with Crippen LogP contribution in [0.15, 0.2) is 65.3 Å². The van der Waals surface area contributed by atoms with E-state index in [1.807, 2.05) is 35.2 Å². The van der Waals surface area contributed by atoms with Crippen molar-refractivity contribution < 1.29 is 9.21 Å². The summed E-state index contributed by atoms with van der Waals surface area (Å²) in [4.78, 5) is 17.5. The smallest absolute Gasteiger partial charge is 0.223 e. The molecule has 136 valence electrons. The zero-order valence-corrected chi connectivity index (χ0v) is 16.2. The fraction of sp³-hybridized carbons (Fsp3) is 0.318. The van der Waals surface area contributed by atoms with Gasteiger partial charge in [-0.3, -0.25) is 4.79 Å². The van der Waals surface area contributed by atoms with Gasteiger partial charge in [-0.1, -0.05) is 37.3 Å². The van der Waals surface area contributed by atoms with Crippen molar-refractivity contribution >= 4 is 17.2 Å². The minimum absolute atomic E-state index is 0.170.